The molecular weight excluding hydrogens is 349 g/mol. The summed E-state index contributed by atoms with van der Waals surface area (Å²) in [4.78, 5) is 25.7. The lowest BCUT2D eigenvalue weighted by molar-refractivity contribution is -0.143. The third-order valence-corrected chi connectivity index (χ3v) is 4.73. The van der Waals surface area contributed by atoms with E-state index < -0.39 is 23.8 Å². The lowest BCUT2D eigenvalue weighted by Gasteiger charge is -2.38. The van der Waals surface area contributed by atoms with Crippen molar-refractivity contribution in [1.29, 1.82) is 0 Å². The van der Waals surface area contributed by atoms with Crippen LogP contribution in [0.5, 0.6) is 0 Å². The van der Waals surface area contributed by atoms with Gasteiger partial charge in [0.05, 0.1) is 12.0 Å². The summed E-state index contributed by atoms with van der Waals surface area (Å²) in [5.74, 6) is -2.07. The highest BCUT2D eigenvalue weighted by Crippen LogP contribution is 2.48. The largest absolute Gasteiger partial charge is 0.459 e. The van der Waals surface area contributed by atoms with Gasteiger partial charge < -0.3 is 15.2 Å². The van der Waals surface area contributed by atoms with E-state index in [2.05, 4.69) is 0 Å². The lowest BCUT2D eigenvalue weighted by Crippen LogP contribution is -2.36. The van der Waals surface area contributed by atoms with Crippen LogP contribution in [0.1, 0.15) is 52.0 Å². The smallest absolute Gasteiger partial charge is 0.340 e. The summed E-state index contributed by atoms with van der Waals surface area (Å²) in [5.41, 5.74) is 6.24. The number of ether oxygens (including phenoxy) is 2. The zero-order chi connectivity index (χ0) is 19.9. The van der Waals surface area contributed by atoms with Gasteiger partial charge in [-0.25, -0.2) is 9.18 Å². The molecule has 0 unspecified atom stereocenters. The summed E-state index contributed by atoms with van der Waals surface area (Å²) in [7, 11) is 0. The van der Waals surface area contributed by atoms with Gasteiger partial charge in [0.1, 0.15) is 17.1 Å². The number of rotatable bonds is 3. The van der Waals surface area contributed by atoms with Gasteiger partial charge in [0.15, 0.2) is 5.78 Å². The standard InChI is InChI=1S/C21H24FNO4/c1-11(2)26-20(25)18-16(12-7-5-6-8-13(12)22)17-14(24)9-21(3,4)10-15(17)27-19(18)23/h5-8,11,16H,9-10,23H2,1-4H3/t16-/m1/s1. The van der Waals surface area contributed by atoms with Crippen LogP contribution in [0.4, 0.5) is 4.39 Å². The molecule has 2 N–H and O–H groups in total. The van der Waals surface area contributed by atoms with Crippen molar-refractivity contribution in [2.75, 3.05) is 0 Å². The number of allylic oxidation sites excluding steroid dienone is 2. The van der Waals surface area contributed by atoms with Crippen molar-refractivity contribution in [2.24, 2.45) is 11.1 Å². The molecule has 3 rings (SSSR count). The van der Waals surface area contributed by atoms with E-state index in [1.807, 2.05) is 13.8 Å². The average molecular weight is 373 g/mol. The summed E-state index contributed by atoms with van der Waals surface area (Å²) in [6, 6.07) is 6.06. The van der Waals surface area contributed by atoms with Gasteiger partial charge in [0.25, 0.3) is 0 Å². The molecule has 1 heterocycles. The molecule has 1 aliphatic heterocycles. The van der Waals surface area contributed by atoms with E-state index in [0.717, 1.165) is 0 Å². The first-order valence-electron chi connectivity index (χ1n) is 9.00. The second-order valence-electron chi connectivity index (χ2n) is 8.07. The van der Waals surface area contributed by atoms with E-state index in [1.165, 1.54) is 6.07 Å². The Morgan fingerprint density at radius 1 is 1.30 bits per heavy atom. The fourth-order valence-corrected chi connectivity index (χ4v) is 3.68. The molecule has 1 aliphatic carbocycles. The number of carbonyl (C=O) groups excluding carboxylic acids is 2. The van der Waals surface area contributed by atoms with Crippen molar-refractivity contribution in [3.05, 3.63) is 58.4 Å². The van der Waals surface area contributed by atoms with Crippen LogP contribution < -0.4 is 5.73 Å². The molecule has 0 saturated heterocycles. The SMILES string of the molecule is CC(C)OC(=O)C1=C(N)OC2=C(C(=O)CC(C)(C)C2)[C@H]1c1ccccc1F. The van der Waals surface area contributed by atoms with E-state index in [-0.39, 0.29) is 34.6 Å². The number of benzene rings is 1. The van der Waals surface area contributed by atoms with Crippen LogP contribution in [0, 0.1) is 11.2 Å². The van der Waals surface area contributed by atoms with Crippen LogP contribution >= 0.6 is 0 Å². The third kappa shape index (κ3) is 3.61. The third-order valence-electron chi connectivity index (χ3n) is 4.73. The van der Waals surface area contributed by atoms with Crippen LogP contribution in [-0.2, 0) is 19.1 Å². The normalized spacial score (nSPS) is 21.9. The van der Waals surface area contributed by atoms with Crippen LogP contribution in [0.15, 0.2) is 47.1 Å². The quantitative estimate of drug-likeness (QED) is 0.817. The Morgan fingerprint density at radius 2 is 1.96 bits per heavy atom. The zero-order valence-electron chi connectivity index (χ0n) is 16.0. The van der Waals surface area contributed by atoms with Gasteiger partial charge in [0, 0.05) is 24.0 Å². The van der Waals surface area contributed by atoms with Crippen molar-refractivity contribution in [3.8, 4) is 0 Å². The Morgan fingerprint density at radius 3 is 2.59 bits per heavy atom. The molecule has 0 fully saturated rings. The van der Waals surface area contributed by atoms with E-state index in [1.54, 1.807) is 32.0 Å². The molecule has 6 heteroatoms. The summed E-state index contributed by atoms with van der Waals surface area (Å²) in [5, 5.41) is 0. The fourth-order valence-electron chi connectivity index (χ4n) is 3.68. The zero-order valence-corrected chi connectivity index (χ0v) is 16.0. The first-order chi connectivity index (χ1) is 12.6. The molecule has 0 bridgehead atoms. The van der Waals surface area contributed by atoms with Gasteiger partial charge in [-0.2, -0.15) is 0 Å². The number of hydrogen-bond acceptors (Lipinski definition) is 5. The number of hydrogen-bond donors (Lipinski definition) is 1. The molecule has 0 saturated carbocycles. The van der Waals surface area contributed by atoms with Crippen molar-refractivity contribution in [1.82, 2.24) is 0 Å². The number of ketones is 1. The highest BCUT2D eigenvalue weighted by Gasteiger charge is 2.45. The Bertz CT molecular complexity index is 867. The maximum Gasteiger partial charge on any atom is 0.340 e. The molecule has 0 radical (unpaired) electrons. The van der Waals surface area contributed by atoms with Crippen LogP contribution in [0.2, 0.25) is 0 Å². The van der Waals surface area contributed by atoms with Crippen LogP contribution in [0.25, 0.3) is 0 Å². The number of Topliss-reactive ketones (excluding diaryl/α,β-unsaturated/α-hetero) is 1. The van der Waals surface area contributed by atoms with E-state index in [9.17, 15) is 14.0 Å². The van der Waals surface area contributed by atoms with Gasteiger partial charge in [-0.05, 0) is 25.3 Å². The minimum Gasteiger partial charge on any atom is -0.459 e. The Labute approximate surface area is 158 Å². The molecule has 2 aliphatic rings. The maximum atomic E-state index is 14.6. The minimum absolute atomic E-state index is 0.0272. The second kappa shape index (κ2) is 6.83. The molecule has 1 aromatic carbocycles. The molecule has 27 heavy (non-hydrogen) atoms. The highest BCUT2D eigenvalue weighted by molar-refractivity contribution is 6.03. The molecular formula is C21H24FNO4. The second-order valence-corrected chi connectivity index (χ2v) is 8.07. The van der Waals surface area contributed by atoms with Gasteiger partial charge in [-0.3, -0.25) is 4.79 Å². The molecule has 5 nitrogen and oxygen atoms in total. The first kappa shape index (κ1) is 19.1. The molecule has 0 spiro atoms. The summed E-state index contributed by atoms with van der Waals surface area (Å²) >= 11 is 0. The van der Waals surface area contributed by atoms with Crippen molar-refractivity contribution < 1.29 is 23.5 Å². The molecule has 0 amide bonds. The highest BCUT2D eigenvalue weighted by atomic mass is 19.1. The predicted octanol–water partition coefficient (Wildman–Crippen LogP) is 3.70. The number of nitrogens with two attached hydrogens (primary N) is 1. The summed E-state index contributed by atoms with van der Waals surface area (Å²) < 4.78 is 25.6. The number of halogens is 1. The monoisotopic (exact) mass is 373 g/mol. The Balaban J connectivity index is 2.19. The number of carbonyl (C=O) groups is 2. The minimum atomic E-state index is -0.940. The first-order valence-corrected chi connectivity index (χ1v) is 9.00. The Kier molecular flexibility index (Phi) is 4.84. The summed E-state index contributed by atoms with van der Waals surface area (Å²) in [6.45, 7) is 7.32. The molecule has 1 aromatic rings. The van der Waals surface area contributed by atoms with E-state index >= 15 is 0 Å². The van der Waals surface area contributed by atoms with Crippen LogP contribution in [-0.4, -0.2) is 17.9 Å². The average Bonchev–Trinajstić information content (AvgIpc) is 2.51. The maximum absolute atomic E-state index is 14.6. The predicted molar refractivity (Wildman–Crippen MR) is 97.7 cm³/mol. The molecule has 144 valence electrons. The van der Waals surface area contributed by atoms with Crippen molar-refractivity contribution in [2.45, 2.75) is 52.6 Å². The van der Waals surface area contributed by atoms with E-state index in [0.29, 0.717) is 17.8 Å². The van der Waals surface area contributed by atoms with Crippen molar-refractivity contribution >= 4 is 11.8 Å². The van der Waals surface area contributed by atoms with Gasteiger partial charge in [-0.15, -0.1) is 0 Å². The topological polar surface area (TPSA) is 78.6 Å². The van der Waals surface area contributed by atoms with Crippen molar-refractivity contribution in [3.63, 3.8) is 0 Å². The van der Waals surface area contributed by atoms with Crippen LogP contribution in [0.3, 0.4) is 0 Å². The number of esters is 1. The Hall–Kier alpha value is -2.63. The van der Waals surface area contributed by atoms with Gasteiger partial charge in [0.2, 0.25) is 5.88 Å². The fraction of sp³-hybridized carbons (Fsp3) is 0.429. The lowest BCUT2D eigenvalue weighted by atomic mass is 9.70. The van der Waals surface area contributed by atoms with Gasteiger partial charge >= 0.3 is 5.97 Å². The molecule has 1 atom stereocenters. The van der Waals surface area contributed by atoms with Gasteiger partial charge in [-0.1, -0.05) is 32.0 Å². The molecule has 0 aromatic heterocycles. The van der Waals surface area contributed by atoms with E-state index in [4.69, 9.17) is 15.2 Å². The summed E-state index contributed by atoms with van der Waals surface area (Å²) in [6.07, 6.45) is 0.370.